The van der Waals surface area contributed by atoms with Crippen LogP contribution in [0.25, 0.3) is 0 Å². The molecule has 1 unspecified atom stereocenters. The molecule has 0 aromatic heterocycles. The molecular weight excluding hydrogens is 220 g/mol. The van der Waals surface area contributed by atoms with E-state index in [0.717, 1.165) is 32.0 Å². The van der Waals surface area contributed by atoms with Gasteiger partial charge >= 0.3 is 11.9 Å². The minimum absolute atomic E-state index is 0.364. The standard InChI is InChI=1S/C12H20N2O3/c1-4-11(15)17-12(16)10(9-13(2)3)14-7-5-6-8-14/h4,10H,1,5-9H2,2-3H3. The van der Waals surface area contributed by atoms with E-state index in [1.54, 1.807) is 0 Å². The monoisotopic (exact) mass is 240 g/mol. The molecule has 0 aromatic rings. The van der Waals surface area contributed by atoms with Gasteiger partial charge in [-0.15, -0.1) is 0 Å². The average Bonchev–Trinajstić information content (AvgIpc) is 2.78. The Morgan fingerprint density at radius 2 is 2.00 bits per heavy atom. The molecule has 1 rings (SSSR count). The summed E-state index contributed by atoms with van der Waals surface area (Å²) < 4.78 is 4.71. The molecule has 0 saturated carbocycles. The van der Waals surface area contributed by atoms with Gasteiger partial charge in [0.05, 0.1) is 0 Å². The van der Waals surface area contributed by atoms with Gasteiger partial charge in [-0.1, -0.05) is 6.58 Å². The molecule has 0 aliphatic carbocycles. The number of carbonyl (C=O) groups is 2. The molecule has 1 atom stereocenters. The van der Waals surface area contributed by atoms with E-state index >= 15 is 0 Å². The zero-order chi connectivity index (χ0) is 12.8. The van der Waals surface area contributed by atoms with Gasteiger partial charge in [0, 0.05) is 12.6 Å². The number of likely N-dealkylation sites (N-methyl/N-ethyl adjacent to an activating group) is 1. The second-order valence-electron chi connectivity index (χ2n) is 4.47. The first-order valence-corrected chi connectivity index (χ1v) is 5.81. The largest absolute Gasteiger partial charge is 0.389 e. The SMILES string of the molecule is C=CC(=O)OC(=O)C(CN(C)C)N1CCCC1. The van der Waals surface area contributed by atoms with Crippen molar-refractivity contribution in [2.24, 2.45) is 0 Å². The second-order valence-corrected chi connectivity index (χ2v) is 4.47. The highest BCUT2D eigenvalue weighted by atomic mass is 16.6. The van der Waals surface area contributed by atoms with Gasteiger partial charge in [-0.2, -0.15) is 0 Å². The second kappa shape index (κ2) is 6.51. The third-order valence-corrected chi connectivity index (χ3v) is 2.76. The maximum Gasteiger partial charge on any atom is 0.337 e. The van der Waals surface area contributed by atoms with E-state index in [0.29, 0.717) is 6.54 Å². The van der Waals surface area contributed by atoms with Crippen LogP contribution in [0.5, 0.6) is 0 Å². The Balaban J connectivity index is 2.63. The molecule has 1 aliphatic heterocycles. The molecule has 17 heavy (non-hydrogen) atoms. The molecule has 1 heterocycles. The van der Waals surface area contributed by atoms with Crippen molar-refractivity contribution >= 4 is 11.9 Å². The van der Waals surface area contributed by atoms with Crippen molar-refractivity contribution in [3.8, 4) is 0 Å². The van der Waals surface area contributed by atoms with E-state index in [2.05, 4.69) is 11.5 Å². The molecule has 5 nitrogen and oxygen atoms in total. The lowest BCUT2D eigenvalue weighted by Crippen LogP contribution is -2.47. The van der Waals surface area contributed by atoms with Crippen molar-refractivity contribution in [1.82, 2.24) is 9.80 Å². The van der Waals surface area contributed by atoms with Crippen molar-refractivity contribution in [3.63, 3.8) is 0 Å². The first-order chi connectivity index (χ1) is 8.04. The fourth-order valence-corrected chi connectivity index (χ4v) is 1.95. The summed E-state index contributed by atoms with van der Waals surface area (Å²) >= 11 is 0. The molecule has 96 valence electrons. The molecule has 1 fully saturated rings. The lowest BCUT2D eigenvalue weighted by Gasteiger charge is -2.27. The summed E-state index contributed by atoms with van der Waals surface area (Å²) in [6.45, 7) is 5.61. The number of esters is 2. The highest BCUT2D eigenvalue weighted by Gasteiger charge is 2.30. The zero-order valence-corrected chi connectivity index (χ0v) is 10.5. The number of carbonyl (C=O) groups excluding carboxylic acids is 2. The highest BCUT2D eigenvalue weighted by molar-refractivity contribution is 5.93. The Bertz CT molecular complexity index is 296. The van der Waals surface area contributed by atoms with E-state index in [4.69, 9.17) is 4.74 Å². The quantitative estimate of drug-likeness (QED) is 0.392. The van der Waals surface area contributed by atoms with Crippen LogP contribution in [0.3, 0.4) is 0 Å². The molecule has 0 spiro atoms. The summed E-state index contributed by atoms with van der Waals surface area (Å²) in [5, 5.41) is 0. The van der Waals surface area contributed by atoms with Gasteiger partial charge in [0.1, 0.15) is 6.04 Å². The van der Waals surface area contributed by atoms with Gasteiger partial charge in [0.15, 0.2) is 0 Å². The van der Waals surface area contributed by atoms with E-state index in [-0.39, 0.29) is 6.04 Å². The summed E-state index contributed by atoms with van der Waals surface area (Å²) in [6.07, 6.45) is 3.19. The van der Waals surface area contributed by atoms with Crippen LogP contribution in [-0.2, 0) is 14.3 Å². The fourth-order valence-electron chi connectivity index (χ4n) is 1.95. The van der Waals surface area contributed by atoms with Gasteiger partial charge in [-0.05, 0) is 40.0 Å². The predicted octanol–water partition coefficient (Wildman–Crippen LogP) is 0.268. The lowest BCUT2D eigenvalue weighted by molar-refractivity contribution is -0.160. The van der Waals surface area contributed by atoms with E-state index in [1.807, 2.05) is 19.0 Å². The van der Waals surface area contributed by atoms with Gasteiger partial charge in [-0.3, -0.25) is 4.90 Å². The summed E-state index contributed by atoms with van der Waals surface area (Å²) in [5.41, 5.74) is 0. The van der Waals surface area contributed by atoms with E-state index < -0.39 is 11.9 Å². The average molecular weight is 240 g/mol. The Kier molecular flexibility index (Phi) is 5.31. The molecule has 0 amide bonds. The maximum absolute atomic E-state index is 11.9. The van der Waals surface area contributed by atoms with Crippen LogP contribution in [0.2, 0.25) is 0 Å². The van der Waals surface area contributed by atoms with E-state index in [9.17, 15) is 9.59 Å². The van der Waals surface area contributed by atoms with Crippen LogP contribution in [0.4, 0.5) is 0 Å². The van der Waals surface area contributed by atoms with Crippen molar-refractivity contribution in [3.05, 3.63) is 12.7 Å². The number of hydrogen-bond donors (Lipinski definition) is 0. The van der Waals surface area contributed by atoms with Crippen molar-refractivity contribution in [2.45, 2.75) is 18.9 Å². The summed E-state index contributed by atoms with van der Waals surface area (Å²) in [4.78, 5) is 26.9. The topological polar surface area (TPSA) is 49.9 Å². The zero-order valence-electron chi connectivity index (χ0n) is 10.5. The van der Waals surface area contributed by atoms with Crippen molar-refractivity contribution in [1.29, 1.82) is 0 Å². The van der Waals surface area contributed by atoms with Crippen LogP contribution in [0.1, 0.15) is 12.8 Å². The Morgan fingerprint density at radius 3 is 2.47 bits per heavy atom. The minimum atomic E-state index is -0.682. The molecule has 1 aliphatic rings. The molecule has 0 bridgehead atoms. The number of rotatable bonds is 5. The molecule has 1 saturated heterocycles. The molecular formula is C12H20N2O3. The molecule has 0 N–H and O–H groups in total. The number of likely N-dealkylation sites (tertiary alicyclic amines) is 1. The Morgan fingerprint density at radius 1 is 1.41 bits per heavy atom. The summed E-state index contributed by atoms with van der Waals surface area (Å²) in [6, 6.07) is -0.364. The van der Waals surface area contributed by atoms with Crippen molar-refractivity contribution in [2.75, 3.05) is 33.7 Å². The molecule has 0 radical (unpaired) electrons. The molecule has 0 aromatic carbocycles. The smallest absolute Gasteiger partial charge is 0.337 e. The number of hydrogen-bond acceptors (Lipinski definition) is 5. The Hall–Kier alpha value is -1.20. The summed E-state index contributed by atoms with van der Waals surface area (Å²) in [7, 11) is 3.79. The molecule has 5 heteroatoms. The Labute approximate surface area is 102 Å². The minimum Gasteiger partial charge on any atom is -0.389 e. The first-order valence-electron chi connectivity index (χ1n) is 5.81. The lowest BCUT2D eigenvalue weighted by atomic mass is 10.2. The van der Waals surface area contributed by atoms with Crippen LogP contribution in [0.15, 0.2) is 12.7 Å². The van der Waals surface area contributed by atoms with Crippen LogP contribution in [-0.4, -0.2) is 61.5 Å². The van der Waals surface area contributed by atoms with Crippen LogP contribution >= 0.6 is 0 Å². The fraction of sp³-hybridized carbons (Fsp3) is 0.667. The number of nitrogens with zero attached hydrogens (tertiary/aromatic N) is 2. The van der Waals surface area contributed by atoms with Gasteiger partial charge in [0.25, 0.3) is 0 Å². The number of ether oxygens (including phenoxy) is 1. The van der Waals surface area contributed by atoms with Gasteiger partial charge < -0.3 is 9.64 Å². The summed E-state index contributed by atoms with van der Waals surface area (Å²) in [5.74, 6) is -1.16. The highest BCUT2D eigenvalue weighted by Crippen LogP contribution is 2.13. The predicted molar refractivity (Wildman–Crippen MR) is 64.4 cm³/mol. The maximum atomic E-state index is 11.9. The van der Waals surface area contributed by atoms with Gasteiger partial charge in [0.2, 0.25) is 0 Å². The van der Waals surface area contributed by atoms with Gasteiger partial charge in [-0.25, -0.2) is 9.59 Å². The third-order valence-electron chi connectivity index (χ3n) is 2.76. The first kappa shape index (κ1) is 13.9. The third kappa shape index (κ3) is 4.28. The normalized spacial score (nSPS) is 18.1. The van der Waals surface area contributed by atoms with E-state index in [1.165, 1.54) is 0 Å². The van der Waals surface area contributed by atoms with Crippen LogP contribution in [0, 0.1) is 0 Å². The van der Waals surface area contributed by atoms with Crippen LogP contribution < -0.4 is 0 Å². The van der Waals surface area contributed by atoms with Crippen molar-refractivity contribution < 1.29 is 14.3 Å².